The number of benzene rings is 18. The minimum atomic E-state index is 0.904. The molecule has 0 N–H and O–H groups in total. The van der Waals surface area contributed by atoms with Crippen molar-refractivity contribution < 1.29 is 13.3 Å². The summed E-state index contributed by atoms with van der Waals surface area (Å²) in [5, 5.41) is 22.1. The average molecular weight is 1540 g/mol. The zero-order valence-corrected chi connectivity index (χ0v) is 65.8. The minimum absolute atomic E-state index is 0.904. The monoisotopic (exact) mass is 1540 g/mol. The van der Waals surface area contributed by atoms with Crippen molar-refractivity contribution in [2.75, 3.05) is 0 Å². The molecule has 0 radical (unpaired) electrons. The third-order valence-electron chi connectivity index (χ3n) is 25.1. The number of aryl methyl sites for hydroxylation is 3. The van der Waals surface area contributed by atoms with Crippen molar-refractivity contribution in [2.45, 2.75) is 20.8 Å². The molecule has 9 nitrogen and oxygen atoms in total. The highest BCUT2D eigenvalue weighted by Gasteiger charge is 2.27. The lowest BCUT2D eigenvalue weighted by Crippen LogP contribution is -1.95. The Balaban J connectivity index is 0.0000000997. The van der Waals surface area contributed by atoms with Gasteiger partial charge in [-0.3, -0.25) is 0 Å². The van der Waals surface area contributed by atoms with E-state index in [9.17, 15) is 0 Å². The highest BCUT2D eigenvalue weighted by atomic mass is 16.3. The van der Waals surface area contributed by atoms with Crippen LogP contribution in [0.4, 0.5) is 0 Å². The van der Waals surface area contributed by atoms with Crippen molar-refractivity contribution in [3.63, 3.8) is 0 Å². The molecule has 9 heteroatoms. The summed E-state index contributed by atoms with van der Waals surface area (Å²) in [6.45, 7) is 6.47. The van der Waals surface area contributed by atoms with Gasteiger partial charge in [0.15, 0.2) is 5.58 Å². The van der Waals surface area contributed by atoms with Gasteiger partial charge in [0.2, 0.25) is 0 Å². The van der Waals surface area contributed by atoms with Crippen molar-refractivity contribution in [3.05, 3.63) is 399 Å². The van der Waals surface area contributed by atoms with Crippen molar-refractivity contribution in [1.82, 2.24) is 27.4 Å². The smallest absolute Gasteiger partial charge is 0.159 e. The van der Waals surface area contributed by atoms with Gasteiger partial charge in [-0.2, -0.15) is 0 Å². The van der Waals surface area contributed by atoms with Gasteiger partial charge in [0.05, 0.1) is 71.9 Å². The van der Waals surface area contributed by atoms with Crippen LogP contribution in [0.25, 0.3) is 231 Å². The summed E-state index contributed by atoms with van der Waals surface area (Å²) in [5.41, 5.74) is 30.5. The van der Waals surface area contributed by atoms with Gasteiger partial charge in [-0.1, -0.05) is 212 Å². The first-order valence-electron chi connectivity index (χ1n) is 41.1. The zero-order valence-electron chi connectivity index (χ0n) is 65.8. The van der Waals surface area contributed by atoms with Crippen LogP contribution in [0.5, 0.6) is 0 Å². The molecule has 0 spiro atoms. The fourth-order valence-electron chi connectivity index (χ4n) is 20.1. The first-order chi connectivity index (χ1) is 59.3. The Labute approximate surface area is 686 Å². The Morgan fingerprint density at radius 3 is 0.817 bits per heavy atom. The van der Waals surface area contributed by atoms with E-state index in [0.29, 0.717) is 0 Å². The summed E-state index contributed by atoms with van der Waals surface area (Å²) in [6.07, 6.45) is 0. The zero-order chi connectivity index (χ0) is 79.1. The molecule has 0 bridgehead atoms. The number of hydrogen-bond donors (Lipinski definition) is 0. The second-order valence-electron chi connectivity index (χ2n) is 32.0. The molecule has 9 aromatic heterocycles. The Morgan fingerprint density at radius 1 is 0.158 bits per heavy atom. The van der Waals surface area contributed by atoms with E-state index in [4.69, 9.17) is 13.3 Å². The Bertz CT molecular complexity index is 8990. The Morgan fingerprint density at radius 2 is 0.425 bits per heavy atom. The molecule has 0 aliphatic rings. The summed E-state index contributed by atoms with van der Waals surface area (Å²) in [7, 11) is 0. The molecule has 18 aromatic carbocycles. The first kappa shape index (κ1) is 67.5. The van der Waals surface area contributed by atoms with Crippen LogP contribution in [-0.2, 0) is 0 Å². The van der Waals surface area contributed by atoms with Gasteiger partial charge in [-0.15, -0.1) is 0 Å². The van der Waals surface area contributed by atoms with E-state index in [2.05, 4.69) is 400 Å². The molecular weight excluding hydrogens is 1470 g/mol. The quantitative estimate of drug-likeness (QED) is 0.167. The number of aromatic nitrogens is 6. The SMILES string of the molecule is Cc1cccc(-n2c3ccccc3c3c4c5ccccc5n(-c5ccc6c(c5)oc5ccccc56)c4ccc32)c1.Cc1cccc(-n2c3ccccc3c3c4c5ccccc5n(-c5ccc6oc7ccccc7c6c5)c4ccc32)c1.Cc1cccc(-n2c3ccccc3c3c4c5ccccc5n(-c5cccc6c5oc5ccccc56)c4ccc32)c1. The molecule has 0 unspecified atom stereocenters. The molecule has 0 saturated heterocycles. The third kappa shape index (κ3) is 9.95. The number of nitrogens with zero attached hydrogens (tertiary/aromatic N) is 6. The number of rotatable bonds is 6. The molecule has 27 rings (SSSR count). The van der Waals surface area contributed by atoms with E-state index < -0.39 is 0 Å². The van der Waals surface area contributed by atoms with E-state index in [1.807, 2.05) is 30.3 Å². The standard InChI is InChI=1S/3C37H24N2O/c1-23-10-8-11-24(22-23)38-29-16-5-2-13-27(29)35-31(38)20-21-32-36(35)28-14-3-6-17-30(28)39(32)33-18-9-15-26-25-12-4-7-19-34(25)40-37(26)33;1-23-9-8-10-24(21-23)38-30-14-5-2-12-27(30)36-32(38)18-19-33-37(36)28-13-3-6-15-31(28)39(33)25-17-20-35-29(22-25)26-11-4-7-16-34(26)40-35;1-23-9-8-10-24(21-23)38-30-14-5-2-12-28(30)36-32(38)19-20-33-37(36)29-13-3-6-15-31(29)39(33)25-17-18-27-26-11-4-7-16-34(26)40-35(27)22-25/h3*2-22H,1H3. The van der Waals surface area contributed by atoms with Gasteiger partial charge in [-0.25, -0.2) is 0 Å². The average Bonchev–Trinajstić information content (AvgIpc) is 1.55. The molecule has 0 aliphatic heterocycles. The highest BCUT2D eigenvalue weighted by molar-refractivity contribution is 6.32. The van der Waals surface area contributed by atoms with Crippen molar-refractivity contribution >= 4 is 197 Å². The van der Waals surface area contributed by atoms with Gasteiger partial charge >= 0.3 is 0 Å². The molecule has 27 aromatic rings. The van der Waals surface area contributed by atoms with Crippen LogP contribution < -0.4 is 0 Å². The summed E-state index contributed by atoms with van der Waals surface area (Å²) in [5.74, 6) is 0. The third-order valence-corrected chi connectivity index (χ3v) is 25.1. The second-order valence-corrected chi connectivity index (χ2v) is 32.0. The lowest BCUT2D eigenvalue weighted by molar-refractivity contribution is 0.666. The molecular formula is C111H72N6O3. The Kier molecular flexibility index (Phi) is 14.7. The first-order valence-corrected chi connectivity index (χ1v) is 41.1. The number of hydrogen-bond acceptors (Lipinski definition) is 3. The second kappa shape index (κ2) is 26.1. The predicted molar refractivity (Wildman–Crippen MR) is 501 cm³/mol. The maximum Gasteiger partial charge on any atom is 0.159 e. The van der Waals surface area contributed by atoms with Crippen LogP contribution in [0.15, 0.2) is 395 Å². The molecule has 120 heavy (non-hydrogen) atoms. The van der Waals surface area contributed by atoms with Gasteiger partial charge in [0.1, 0.15) is 27.9 Å². The lowest BCUT2D eigenvalue weighted by Gasteiger charge is -2.10. The number of furan rings is 3. The van der Waals surface area contributed by atoms with Crippen LogP contribution in [0.1, 0.15) is 16.7 Å². The molecule has 564 valence electrons. The Hall–Kier alpha value is -15.8. The summed E-state index contributed by atoms with van der Waals surface area (Å²) < 4.78 is 33.3. The molecule has 0 atom stereocenters. The normalized spacial score (nSPS) is 12.1. The molecule has 0 fully saturated rings. The molecule has 0 saturated carbocycles. The lowest BCUT2D eigenvalue weighted by atomic mass is 10.1. The van der Waals surface area contributed by atoms with Gasteiger partial charge in [0, 0.05) is 131 Å². The minimum Gasteiger partial charge on any atom is -0.456 e. The largest absolute Gasteiger partial charge is 0.456 e. The van der Waals surface area contributed by atoms with Gasteiger partial charge < -0.3 is 40.7 Å². The molecule has 9 heterocycles. The topological polar surface area (TPSA) is 69.0 Å². The van der Waals surface area contributed by atoms with E-state index in [-0.39, 0.29) is 0 Å². The van der Waals surface area contributed by atoms with Crippen molar-refractivity contribution in [3.8, 4) is 34.1 Å². The summed E-state index contributed by atoms with van der Waals surface area (Å²) >= 11 is 0. The van der Waals surface area contributed by atoms with Crippen LogP contribution in [0.2, 0.25) is 0 Å². The number of para-hydroxylation sites is 10. The van der Waals surface area contributed by atoms with E-state index in [0.717, 1.165) is 82.9 Å². The van der Waals surface area contributed by atoms with Crippen LogP contribution in [0.3, 0.4) is 0 Å². The van der Waals surface area contributed by atoms with E-state index in [1.165, 1.54) is 165 Å². The fraction of sp³-hybridized carbons (Fsp3) is 0.0270. The van der Waals surface area contributed by atoms with E-state index in [1.54, 1.807) is 0 Å². The van der Waals surface area contributed by atoms with Crippen molar-refractivity contribution in [2.24, 2.45) is 0 Å². The summed E-state index contributed by atoms with van der Waals surface area (Å²) in [4.78, 5) is 0. The van der Waals surface area contributed by atoms with Crippen molar-refractivity contribution in [1.29, 1.82) is 0 Å². The van der Waals surface area contributed by atoms with Crippen LogP contribution >= 0.6 is 0 Å². The van der Waals surface area contributed by atoms with Gasteiger partial charge in [0.25, 0.3) is 0 Å². The van der Waals surface area contributed by atoms with E-state index >= 15 is 0 Å². The fourth-order valence-corrected chi connectivity index (χ4v) is 20.1. The molecule has 0 aliphatic carbocycles. The van der Waals surface area contributed by atoms with Crippen LogP contribution in [0, 0.1) is 20.8 Å². The van der Waals surface area contributed by atoms with Gasteiger partial charge in [-0.05, 0) is 201 Å². The maximum absolute atomic E-state index is 6.51. The summed E-state index contributed by atoms with van der Waals surface area (Å²) in [6, 6.07) is 137. The van der Waals surface area contributed by atoms with Crippen LogP contribution in [-0.4, -0.2) is 27.4 Å². The molecule has 0 amide bonds. The highest BCUT2D eigenvalue weighted by Crippen LogP contribution is 2.49. The maximum atomic E-state index is 6.51. The predicted octanol–water partition coefficient (Wildman–Crippen LogP) is 30.3. The number of fused-ring (bicyclic) bond motifs is 30.